The molecule has 1 atom stereocenters. The average Bonchev–Trinajstić information content (AvgIpc) is 3.35. The lowest BCUT2D eigenvalue weighted by Gasteiger charge is -2.27. The standard InChI is InChI=1S/C20H22N6O2/c1-25-18-12-21-13-26(18)9-5-8-16(20(25)28)22-19(27)17-11-15(23-24-17)10-14-6-3-2-4-7-14/h2-4,6-7,12-13,16H,5,8-11H2,1H3,(H,22,27). The highest BCUT2D eigenvalue weighted by atomic mass is 16.2. The highest BCUT2D eigenvalue weighted by Gasteiger charge is 2.30. The Bertz CT molecular complexity index is 947. The van der Waals surface area contributed by atoms with Crippen LogP contribution >= 0.6 is 0 Å². The molecule has 0 fully saturated rings. The van der Waals surface area contributed by atoms with Crippen LogP contribution in [0, 0.1) is 0 Å². The van der Waals surface area contributed by atoms with Gasteiger partial charge < -0.3 is 9.88 Å². The molecule has 1 unspecified atom stereocenters. The van der Waals surface area contributed by atoms with Crippen LogP contribution in [0.15, 0.2) is 53.1 Å². The highest BCUT2D eigenvalue weighted by molar-refractivity contribution is 6.43. The first kappa shape index (κ1) is 18.1. The van der Waals surface area contributed by atoms with E-state index in [0.717, 1.165) is 30.1 Å². The van der Waals surface area contributed by atoms with Crippen LogP contribution in [0.25, 0.3) is 0 Å². The van der Waals surface area contributed by atoms with Gasteiger partial charge in [-0.15, -0.1) is 5.10 Å². The molecular weight excluding hydrogens is 356 g/mol. The Morgan fingerprint density at radius 1 is 1.25 bits per heavy atom. The van der Waals surface area contributed by atoms with Crippen molar-refractivity contribution in [2.24, 2.45) is 10.2 Å². The van der Waals surface area contributed by atoms with Crippen molar-refractivity contribution in [2.75, 3.05) is 11.9 Å². The van der Waals surface area contributed by atoms with Crippen LogP contribution in [0.4, 0.5) is 5.82 Å². The number of anilines is 1. The predicted octanol–water partition coefficient (Wildman–Crippen LogP) is 1.57. The van der Waals surface area contributed by atoms with Gasteiger partial charge in [0.1, 0.15) is 17.6 Å². The van der Waals surface area contributed by atoms with E-state index >= 15 is 0 Å². The van der Waals surface area contributed by atoms with Gasteiger partial charge in [0, 0.05) is 26.4 Å². The van der Waals surface area contributed by atoms with Crippen molar-refractivity contribution in [3.63, 3.8) is 0 Å². The van der Waals surface area contributed by atoms with Crippen LogP contribution in [-0.2, 0) is 22.6 Å². The number of rotatable bonds is 4. The fourth-order valence-electron chi connectivity index (χ4n) is 3.53. The third-order valence-electron chi connectivity index (χ3n) is 5.06. The van der Waals surface area contributed by atoms with Crippen molar-refractivity contribution in [3.05, 3.63) is 48.4 Å². The minimum absolute atomic E-state index is 0.154. The van der Waals surface area contributed by atoms with Gasteiger partial charge in [0.15, 0.2) is 0 Å². The number of benzene rings is 1. The largest absolute Gasteiger partial charge is 0.339 e. The van der Waals surface area contributed by atoms with Crippen molar-refractivity contribution in [3.8, 4) is 0 Å². The van der Waals surface area contributed by atoms with Gasteiger partial charge in [0.25, 0.3) is 5.91 Å². The zero-order valence-electron chi connectivity index (χ0n) is 15.7. The summed E-state index contributed by atoms with van der Waals surface area (Å²) in [4.78, 5) is 31.1. The van der Waals surface area contributed by atoms with Gasteiger partial charge in [-0.05, 0) is 18.4 Å². The van der Waals surface area contributed by atoms with Gasteiger partial charge in [0.05, 0.1) is 18.2 Å². The summed E-state index contributed by atoms with van der Waals surface area (Å²) < 4.78 is 1.95. The van der Waals surface area contributed by atoms with E-state index in [9.17, 15) is 9.59 Å². The normalized spacial score (nSPS) is 19.4. The van der Waals surface area contributed by atoms with E-state index in [4.69, 9.17) is 0 Å². The van der Waals surface area contributed by atoms with Crippen molar-refractivity contribution in [1.82, 2.24) is 14.9 Å². The maximum Gasteiger partial charge on any atom is 0.268 e. The highest BCUT2D eigenvalue weighted by Crippen LogP contribution is 2.19. The summed E-state index contributed by atoms with van der Waals surface area (Å²) in [5, 5.41) is 11.1. The number of fused-ring (bicyclic) bond motifs is 1. The Hall–Kier alpha value is -3.29. The summed E-state index contributed by atoms with van der Waals surface area (Å²) in [7, 11) is 1.70. The first-order chi connectivity index (χ1) is 13.6. The molecule has 8 nitrogen and oxygen atoms in total. The van der Waals surface area contributed by atoms with E-state index in [2.05, 4.69) is 20.5 Å². The van der Waals surface area contributed by atoms with E-state index in [-0.39, 0.29) is 11.8 Å². The molecule has 1 aromatic carbocycles. The first-order valence-corrected chi connectivity index (χ1v) is 9.36. The van der Waals surface area contributed by atoms with Gasteiger partial charge >= 0.3 is 0 Å². The Morgan fingerprint density at radius 2 is 2.07 bits per heavy atom. The molecule has 8 heteroatoms. The van der Waals surface area contributed by atoms with Crippen molar-refractivity contribution in [1.29, 1.82) is 0 Å². The number of likely N-dealkylation sites (N-methyl/N-ethyl adjacent to an activating group) is 1. The average molecular weight is 378 g/mol. The minimum atomic E-state index is -0.581. The van der Waals surface area contributed by atoms with E-state index in [1.165, 1.54) is 0 Å². The van der Waals surface area contributed by atoms with Crippen LogP contribution < -0.4 is 10.2 Å². The second-order valence-electron chi connectivity index (χ2n) is 7.06. The first-order valence-electron chi connectivity index (χ1n) is 9.36. The van der Waals surface area contributed by atoms with Gasteiger partial charge in [-0.3, -0.25) is 14.5 Å². The van der Waals surface area contributed by atoms with Crippen molar-refractivity contribution >= 4 is 29.1 Å². The number of aromatic nitrogens is 2. The molecule has 4 rings (SSSR count). The number of imidazole rings is 1. The molecule has 2 aliphatic heterocycles. The number of nitrogens with zero attached hydrogens (tertiary/aromatic N) is 5. The topological polar surface area (TPSA) is 92.0 Å². The smallest absolute Gasteiger partial charge is 0.268 e. The third-order valence-corrected chi connectivity index (χ3v) is 5.06. The van der Waals surface area contributed by atoms with E-state index in [0.29, 0.717) is 25.0 Å². The molecule has 1 N–H and O–H groups in total. The lowest BCUT2D eigenvalue weighted by Crippen LogP contribution is -2.50. The number of nitrogens with one attached hydrogen (secondary N) is 1. The molecule has 3 heterocycles. The third kappa shape index (κ3) is 3.71. The quantitative estimate of drug-likeness (QED) is 0.875. The number of hydrogen-bond acceptors (Lipinski definition) is 5. The Balaban J connectivity index is 1.37. The fraction of sp³-hybridized carbons (Fsp3) is 0.350. The molecule has 0 saturated heterocycles. The minimum Gasteiger partial charge on any atom is -0.339 e. The van der Waals surface area contributed by atoms with Crippen molar-refractivity contribution in [2.45, 2.75) is 38.3 Å². The zero-order chi connectivity index (χ0) is 19.5. The maximum atomic E-state index is 12.8. The lowest BCUT2D eigenvalue weighted by molar-refractivity contribution is -0.124. The number of carbonyl (C=O) groups excluding carboxylic acids is 2. The van der Waals surface area contributed by atoms with Gasteiger partial charge in [-0.1, -0.05) is 30.3 Å². The second kappa shape index (κ2) is 7.75. The summed E-state index contributed by atoms with van der Waals surface area (Å²) in [5.74, 6) is 0.252. The summed E-state index contributed by atoms with van der Waals surface area (Å²) in [5.41, 5.74) is 2.33. The van der Waals surface area contributed by atoms with E-state index in [1.807, 2.05) is 34.9 Å². The predicted molar refractivity (Wildman–Crippen MR) is 106 cm³/mol. The molecule has 2 aromatic rings. The van der Waals surface area contributed by atoms with E-state index in [1.54, 1.807) is 24.5 Å². The maximum absolute atomic E-state index is 12.8. The molecule has 0 spiro atoms. The molecular formula is C20H22N6O2. The Morgan fingerprint density at radius 3 is 2.89 bits per heavy atom. The van der Waals surface area contributed by atoms with Gasteiger partial charge in [-0.25, -0.2) is 4.98 Å². The Labute approximate surface area is 163 Å². The van der Waals surface area contributed by atoms with Crippen LogP contribution in [0.2, 0.25) is 0 Å². The number of carbonyl (C=O) groups is 2. The molecule has 0 saturated carbocycles. The summed E-state index contributed by atoms with van der Waals surface area (Å²) in [6.45, 7) is 0.755. The monoisotopic (exact) mass is 378 g/mol. The lowest BCUT2D eigenvalue weighted by atomic mass is 10.0. The molecule has 0 radical (unpaired) electrons. The molecule has 2 amide bonds. The summed E-state index contributed by atoms with van der Waals surface area (Å²) >= 11 is 0. The molecule has 0 aliphatic carbocycles. The van der Waals surface area contributed by atoms with Crippen LogP contribution in [0.1, 0.15) is 24.8 Å². The zero-order valence-corrected chi connectivity index (χ0v) is 15.7. The molecule has 0 bridgehead atoms. The van der Waals surface area contributed by atoms with Crippen LogP contribution in [-0.4, -0.2) is 45.9 Å². The second-order valence-corrected chi connectivity index (χ2v) is 7.06. The molecule has 1 aromatic heterocycles. The van der Waals surface area contributed by atoms with Gasteiger partial charge in [0.2, 0.25) is 5.91 Å². The van der Waals surface area contributed by atoms with Gasteiger partial charge in [-0.2, -0.15) is 5.10 Å². The van der Waals surface area contributed by atoms with E-state index < -0.39 is 6.04 Å². The molecule has 2 aliphatic rings. The van der Waals surface area contributed by atoms with Crippen LogP contribution in [0.3, 0.4) is 0 Å². The number of amides is 2. The number of hydrogen-bond donors (Lipinski definition) is 1. The Kier molecular flexibility index (Phi) is 5.01. The SMILES string of the molecule is CN1C(=O)C(NC(=O)C2=NN=C(Cc3ccccc3)C2)CCCn2cncc21. The van der Waals surface area contributed by atoms with Crippen LogP contribution in [0.5, 0.6) is 0 Å². The van der Waals surface area contributed by atoms with Crippen molar-refractivity contribution < 1.29 is 9.59 Å². The molecule has 28 heavy (non-hydrogen) atoms. The fourth-order valence-corrected chi connectivity index (χ4v) is 3.53. The summed E-state index contributed by atoms with van der Waals surface area (Å²) in [6, 6.07) is 9.37. The molecule has 144 valence electrons. The number of aryl methyl sites for hydroxylation is 1. The summed E-state index contributed by atoms with van der Waals surface area (Å²) in [6.07, 6.45) is 5.79.